The van der Waals surface area contributed by atoms with Gasteiger partial charge in [-0.2, -0.15) is 0 Å². The molecule has 0 aromatic heterocycles. The maximum atomic E-state index is 12.5. The van der Waals surface area contributed by atoms with Gasteiger partial charge in [-0.05, 0) is 18.6 Å². The molecule has 5 nitrogen and oxygen atoms in total. The Morgan fingerprint density at radius 2 is 1.76 bits per heavy atom. The fourth-order valence-corrected chi connectivity index (χ4v) is 3.52. The third-order valence-electron chi connectivity index (χ3n) is 3.74. The molecule has 2 aromatic carbocycles. The third-order valence-corrected chi connectivity index (χ3v) is 5.06. The first-order chi connectivity index (χ1) is 13.9. The Balaban J connectivity index is 1.90. The molecule has 2 rings (SSSR count). The molecule has 0 saturated carbocycles. The second-order valence-electron chi connectivity index (χ2n) is 6.05. The lowest BCUT2D eigenvalue weighted by Gasteiger charge is -2.14. The summed E-state index contributed by atoms with van der Waals surface area (Å²) in [5, 5.41) is 6.08. The zero-order valence-corrected chi connectivity index (χ0v) is 16.9. The van der Waals surface area contributed by atoms with Gasteiger partial charge in [-0.3, -0.25) is 4.21 Å². The summed E-state index contributed by atoms with van der Waals surface area (Å²) in [7, 11) is -1.04. The zero-order valence-electron chi connectivity index (χ0n) is 16.0. The molecule has 29 heavy (non-hydrogen) atoms. The highest BCUT2D eigenvalue weighted by Gasteiger charge is 2.31. The van der Waals surface area contributed by atoms with Crippen molar-refractivity contribution in [3.05, 3.63) is 65.7 Å². The average molecular weight is 427 g/mol. The van der Waals surface area contributed by atoms with Crippen LogP contribution < -0.4 is 15.4 Å². The van der Waals surface area contributed by atoms with E-state index in [-0.39, 0.29) is 12.3 Å². The van der Waals surface area contributed by atoms with Crippen molar-refractivity contribution in [2.45, 2.75) is 25.6 Å². The number of guanidine groups is 1. The van der Waals surface area contributed by atoms with E-state index >= 15 is 0 Å². The summed E-state index contributed by atoms with van der Waals surface area (Å²) < 4.78 is 53.8. The van der Waals surface area contributed by atoms with Gasteiger partial charge >= 0.3 is 6.36 Å². The average Bonchev–Trinajstić information content (AvgIpc) is 2.66. The van der Waals surface area contributed by atoms with Crippen LogP contribution in [-0.4, -0.2) is 35.4 Å². The minimum Gasteiger partial charge on any atom is -0.405 e. The Bertz CT molecular complexity index is 814. The smallest absolute Gasteiger partial charge is 0.405 e. The lowest BCUT2D eigenvalue weighted by molar-refractivity contribution is -0.274. The van der Waals surface area contributed by atoms with Crippen LogP contribution >= 0.6 is 0 Å². The van der Waals surface area contributed by atoms with Crippen molar-refractivity contribution in [3.8, 4) is 5.75 Å². The molecule has 9 heteroatoms. The van der Waals surface area contributed by atoms with Gasteiger partial charge in [0.05, 0.1) is 6.54 Å². The van der Waals surface area contributed by atoms with Crippen molar-refractivity contribution < 1.29 is 22.1 Å². The SMILES string of the molecule is CCNC(=NCc1ccccc1OC(F)(F)F)NCCS(=O)Cc1ccccc1. The van der Waals surface area contributed by atoms with Crippen molar-refractivity contribution in [1.82, 2.24) is 10.6 Å². The van der Waals surface area contributed by atoms with Gasteiger partial charge in [0.2, 0.25) is 0 Å². The van der Waals surface area contributed by atoms with E-state index in [0.717, 1.165) is 5.56 Å². The second kappa shape index (κ2) is 11.5. The lowest BCUT2D eigenvalue weighted by atomic mass is 10.2. The number of aliphatic imine (C=N–C) groups is 1. The minimum atomic E-state index is -4.76. The molecule has 1 unspecified atom stereocenters. The van der Waals surface area contributed by atoms with Crippen LogP contribution in [-0.2, 0) is 23.1 Å². The van der Waals surface area contributed by atoms with Crippen molar-refractivity contribution in [3.63, 3.8) is 0 Å². The van der Waals surface area contributed by atoms with Gasteiger partial charge < -0.3 is 15.4 Å². The quantitative estimate of drug-likeness (QED) is 0.474. The van der Waals surface area contributed by atoms with Gasteiger partial charge in [0.15, 0.2) is 5.96 Å². The molecular weight excluding hydrogens is 403 g/mol. The van der Waals surface area contributed by atoms with E-state index in [1.807, 2.05) is 37.3 Å². The largest absolute Gasteiger partial charge is 0.573 e. The highest BCUT2D eigenvalue weighted by atomic mass is 32.2. The van der Waals surface area contributed by atoms with Crippen molar-refractivity contribution in [1.29, 1.82) is 0 Å². The van der Waals surface area contributed by atoms with Crippen molar-refractivity contribution in [2.24, 2.45) is 4.99 Å². The number of alkyl halides is 3. The lowest BCUT2D eigenvalue weighted by Crippen LogP contribution is -2.39. The summed E-state index contributed by atoms with van der Waals surface area (Å²) in [4.78, 5) is 4.30. The molecule has 0 aliphatic carbocycles. The number of benzene rings is 2. The fraction of sp³-hybridized carbons (Fsp3) is 0.350. The number of hydrogen-bond acceptors (Lipinski definition) is 3. The fourth-order valence-electron chi connectivity index (χ4n) is 2.48. The topological polar surface area (TPSA) is 62.7 Å². The Labute approximate surface area is 170 Å². The van der Waals surface area contributed by atoms with Crippen LogP contribution in [0.5, 0.6) is 5.75 Å². The second-order valence-corrected chi connectivity index (χ2v) is 7.63. The summed E-state index contributed by atoms with van der Waals surface area (Å²) in [6, 6.07) is 15.5. The van der Waals surface area contributed by atoms with Gasteiger partial charge in [0.1, 0.15) is 5.75 Å². The van der Waals surface area contributed by atoms with E-state index in [9.17, 15) is 17.4 Å². The Hall–Kier alpha value is -2.55. The van der Waals surface area contributed by atoms with Crippen LogP contribution in [0.2, 0.25) is 0 Å². The molecule has 2 N–H and O–H groups in total. The number of rotatable bonds is 9. The number of hydrogen-bond donors (Lipinski definition) is 2. The number of halogens is 3. The maximum absolute atomic E-state index is 12.5. The van der Waals surface area contributed by atoms with Gasteiger partial charge in [0, 0.05) is 41.0 Å². The molecular formula is C20H24F3N3O2S. The number of ether oxygens (including phenoxy) is 1. The molecule has 0 amide bonds. The maximum Gasteiger partial charge on any atom is 0.573 e. The Kier molecular flexibility index (Phi) is 8.98. The van der Waals surface area contributed by atoms with E-state index in [1.54, 1.807) is 6.07 Å². The first-order valence-electron chi connectivity index (χ1n) is 9.12. The third kappa shape index (κ3) is 8.99. The monoisotopic (exact) mass is 427 g/mol. The highest BCUT2D eigenvalue weighted by molar-refractivity contribution is 7.84. The van der Waals surface area contributed by atoms with E-state index < -0.39 is 17.2 Å². The standard InChI is InChI=1S/C20H24F3N3O2S/c1-2-24-19(25-12-13-29(27)15-16-8-4-3-5-9-16)26-14-17-10-6-7-11-18(17)28-20(21,22)23/h3-11H,2,12-15H2,1H3,(H2,24,25,26). The Morgan fingerprint density at radius 3 is 2.45 bits per heavy atom. The molecule has 0 radical (unpaired) electrons. The molecule has 2 aromatic rings. The van der Waals surface area contributed by atoms with Crippen LogP contribution in [0.15, 0.2) is 59.6 Å². The predicted octanol–water partition coefficient (Wildman–Crippen LogP) is 3.59. The molecule has 0 bridgehead atoms. The zero-order chi connectivity index (χ0) is 21.1. The molecule has 0 aliphatic heterocycles. The molecule has 0 fully saturated rings. The first-order valence-corrected chi connectivity index (χ1v) is 10.6. The summed E-state index contributed by atoms with van der Waals surface area (Å²) >= 11 is 0. The molecule has 0 spiro atoms. The van der Waals surface area contributed by atoms with Crippen LogP contribution in [0.25, 0.3) is 0 Å². The van der Waals surface area contributed by atoms with Gasteiger partial charge in [-0.15, -0.1) is 13.2 Å². The molecule has 0 aliphatic rings. The minimum absolute atomic E-state index is 0.00862. The number of para-hydroxylation sites is 1. The van der Waals surface area contributed by atoms with Crippen molar-refractivity contribution >= 4 is 16.8 Å². The number of nitrogens with zero attached hydrogens (tertiary/aromatic N) is 1. The Morgan fingerprint density at radius 1 is 1.07 bits per heavy atom. The molecule has 0 heterocycles. The van der Waals surface area contributed by atoms with E-state index in [2.05, 4.69) is 20.4 Å². The van der Waals surface area contributed by atoms with Gasteiger partial charge in [-0.25, -0.2) is 4.99 Å². The predicted molar refractivity (Wildman–Crippen MR) is 109 cm³/mol. The molecule has 1 atom stereocenters. The molecule has 0 saturated heterocycles. The van der Waals surface area contributed by atoms with Crippen LogP contribution in [0, 0.1) is 0 Å². The van der Waals surface area contributed by atoms with Crippen molar-refractivity contribution in [2.75, 3.05) is 18.8 Å². The van der Waals surface area contributed by atoms with Crippen LogP contribution in [0.1, 0.15) is 18.1 Å². The van der Waals surface area contributed by atoms with Crippen LogP contribution in [0.4, 0.5) is 13.2 Å². The normalized spacial score (nSPS) is 13.0. The summed E-state index contributed by atoms with van der Waals surface area (Å²) in [6.45, 7) is 2.89. The van der Waals surface area contributed by atoms with Gasteiger partial charge in [-0.1, -0.05) is 48.5 Å². The van der Waals surface area contributed by atoms with E-state index in [1.165, 1.54) is 18.2 Å². The van der Waals surface area contributed by atoms with Gasteiger partial charge in [0.25, 0.3) is 0 Å². The summed E-state index contributed by atoms with van der Waals surface area (Å²) in [5.74, 6) is 1.06. The summed E-state index contributed by atoms with van der Waals surface area (Å²) in [5.41, 5.74) is 1.32. The highest BCUT2D eigenvalue weighted by Crippen LogP contribution is 2.26. The number of nitrogens with one attached hydrogen (secondary N) is 2. The molecule has 158 valence electrons. The van der Waals surface area contributed by atoms with E-state index in [0.29, 0.717) is 36.1 Å². The van der Waals surface area contributed by atoms with Crippen LogP contribution in [0.3, 0.4) is 0 Å². The van der Waals surface area contributed by atoms with E-state index in [4.69, 9.17) is 0 Å². The summed E-state index contributed by atoms with van der Waals surface area (Å²) in [6.07, 6.45) is -4.76. The first kappa shape index (κ1) is 22.7.